The molecule has 5 heteroatoms. The third-order valence-electron chi connectivity index (χ3n) is 2.23. The summed E-state index contributed by atoms with van der Waals surface area (Å²) in [4.78, 5) is 0. The molecule has 4 nitrogen and oxygen atoms in total. The molecular weight excluding hydrogens is 240 g/mol. The van der Waals surface area contributed by atoms with Crippen LogP contribution in [0.3, 0.4) is 0 Å². The van der Waals surface area contributed by atoms with E-state index in [0.29, 0.717) is 18.1 Å². The number of methoxy groups -OCH3 is 1. The Morgan fingerprint density at radius 1 is 1.41 bits per heavy atom. The van der Waals surface area contributed by atoms with E-state index >= 15 is 0 Å². The fraction of sp³-hybridized carbons (Fsp3) is 0.417. The number of hydrogen-bond acceptors (Lipinski definition) is 4. The van der Waals surface area contributed by atoms with Crippen molar-refractivity contribution in [1.82, 2.24) is 0 Å². The molecule has 1 atom stereocenters. The molecule has 0 saturated heterocycles. The van der Waals surface area contributed by atoms with Gasteiger partial charge in [0.25, 0.3) is 0 Å². The molecule has 1 aromatic carbocycles. The monoisotopic (exact) mass is 256 g/mol. The SMILES string of the molecule is CCOc1ccc([C@@H](N)CC#N)cc1OC.Cl. The Morgan fingerprint density at radius 2 is 2.12 bits per heavy atom. The van der Waals surface area contributed by atoms with Crippen LogP contribution >= 0.6 is 12.4 Å². The normalized spacial score (nSPS) is 10.9. The van der Waals surface area contributed by atoms with Gasteiger partial charge in [0.15, 0.2) is 11.5 Å². The lowest BCUT2D eigenvalue weighted by Gasteiger charge is -2.13. The summed E-state index contributed by atoms with van der Waals surface area (Å²) >= 11 is 0. The number of halogens is 1. The van der Waals surface area contributed by atoms with E-state index in [4.69, 9.17) is 20.5 Å². The second kappa shape index (κ2) is 7.77. The summed E-state index contributed by atoms with van der Waals surface area (Å²) in [7, 11) is 1.58. The van der Waals surface area contributed by atoms with Gasteiger partial charge >= 0.3 is 0 Å². The molecular formula is C12H17ClN2O2. The minimum atomic E-state index is -0.283. The second-order valence-corrected chi connectivity index (χ2v) is 3.31. The van der Waals surface area contributed by atoms with Crippen LogP contribution in [-0.2, 0) is 0 Å². The lowest BCUT2D eigenvalue weighted by molar-refractivity contribution is 0.310. The van der Waals surface area contributed by atoms with Gasteiger partial charge in [-0.25, -0.2) is 0 Å². The van der Waals surface area contributed by atoms with E-state index in [1.165, 1.54) is 0 Å². The first kappa shape index (κ1) is 15.6. The molecule has 0 bridgehead atoms. The maximum atomic E-state index is 8.58. The zero-order valence-electron chi connectivity index (χ0n) is 9.97. The molecule has 0 aromatic heterocycles. The van der Waals surface area contributed by atoms with Crippen molar-refractivity contribution >= 4 is 12.4 Å². The zero-order valence-corrected chi connectivity index (χ0v) is 10.8. The highest BCUT2D eigenvalue weighted by atomic mass is 35.5. The molecule has 0 heterocycles. The number of ether oxygens (including phenoxy) is 2. The molecule has 0 spiro atoms. The number of nitriles is 1. The highest BCUT2D eigenvalue weighted by molar-refractivity contribution is 5.85. The Kier molecular flexibility index (Phi) is 7.11. The maximum absolute atomic E-state index is 8.58. The summed E-state index contributed by atoms with van der Waals surface area (Å²) < 4.78 is 10.6. The van der Waals surface area contributed by atoms with Crippen LogP contribution < -0.4 is 15.2 Å². The van der Waals surface area contributed by atoms with Crippen molar-refractivity contribution < 1.29 is 9.47 Å². The molecule has 0 aliphatic heterocycles. The Morgan fingerprint density at radius 3 is 2.65 bits per heavy atom. The quantitative estimate of drug-likeness (QED) is 0.879. The van der Waals surface area contributed by atoms with Gasteiger partial charge in [0.05, 0.1) is 26.2 Å². The molecule has 1 rings (SSSR count). The number of hydrogen-bond donors (Lipinski definition) is 1. The van der Waals surface area contributed by atoms with E-state index in [9.17, 15) is 0 Å². The van der Waals surface area contributed by atoms with Crippen LogP contribution in [0.15, 0.2) is 18.2 Å². The van der Waals surface area contributed by atoms with Crippen LogP contribution in [0, 0.1) is 11.3 Å². The highest BCUT2D eigenvalue weighted by Crippen LogP contribution is 2.30. The Balaban J connectivity index is 0.00000256. The van der Waals surface area contributed by atoms with E-state index in [0.717, 1.165) is 5.56 Å². The second-order valence-electron chi connectivity index (χ2n) is 3.31. The van der Waals surface area contributed by atoms with E-state index < -0.39 is 0 Å². The number of nitrogens with zero attached hydrogens (tertiary/aromatic N) is 1. The summed E-state index contributed by atoms with van der Waals surface area (Å²) in [5.41, 5.74) is 6.71. The lowest BCUT2D eigenvalue weighted by Crippen LogP contribution is -2.09. The molecule has 0 saturated carbocycles. The van der Waals surface area contributed by atoms with Crippen molar-refractivity contribution in [2.75, 3.05) is 13.7 Å². The van der Waals surface area contributed by atoms with Gasteiger partial charge in [-0.1, -0.05) is 6.07 Å². The number of rotatable bonds is 5. The van der Waals surface area contributed by atoms with Crippen molar-refractivity contribution in [3.63, 3.8) is 0 Å². The van der Waals surface area contributed by atoms with Crippen LogP contribution in [0.5, 0.6) is 11.5 Å². The molecule has 2 N–H and O–H groups in total. The Hall–Kier alpha value is -1.44. The van der Waals surface area contributed by atoms with Gasteiger partial charge in [0.1, 0.15) is 0 Å². The van der Waals surface area contributed by atoms with Crippen LogP contribution in [0.1, 0.15) is 24.9 Å². The Labute approximate surface area is 108 Å². The number of benzene rings is 1. The average molecular weight is 257 g/mol. The zero-order chi connectivity index (χ0) is 12.0. The van der Waals surface area contributed by atoms with Crippen LogP contribution in [-0.4, -0.2) is 13.7 Å². The first-order valence-corrected chi connectivity index (χ1v) is 5.16. The lowest BCUT2D eigenvalue weighted by atomic mass is 10.0. The van der Waals surface area contributed by atoms with E-state index in [-0.39, 0.29) is 24.9 Å². The summed E-state index contributed by atoms with van der Waals surface area (Å²) in [6, 6.07) is 7.25. The van der Waals surface area contributed by atoms with Crippen LogP contribution in [0.4, 0.5) is 0 Å². The van der Waals surface area contributed by atoms with E-state index in [2.05, 4.69) is 0 Å². The highest BCUT2D eigenvalue weighted by Gasteiger charge is 2.10. The summed E-state index contributed by atoms with van der Waals surface area (Å²) in [5, 5.41) is 8.58. The standard InChI is InChI=1S/C12H16N2O2.ClH/c1-3-16-11-5-4-9(8-12(11)15-2)10(14)6-7-13;/h4-5,8,10H,3,6,14H2,1-2H3;1H/t10-;/m0./s1. The minimum Gasteiger partial charge on any atom is -0.493 e. The average Bonchev–Trinajstić information content (AvgIpc) is 2.30. The van der Waals surface area contributed by atoms with Crippen LogP contribution in [0.2, 0.25) is 0 Å². The van der Waals surface area contributed by atoms with Gasteiger partial charge in [-0.15, -0.1) is 12.4 Å². The molecule has 0 radical (unpaired) electrons. The predicted octanol–water partition coefficient (Wildman–Crippen LogP) is 2.43. The third kappa shape index (κ3) is 4.14. The van der Waals surface area contributed by atoms with E-state index in [1.807, 2.05) is 31.2 Å². The van der Waals surface area contributed by atoms with Crippen molar-refractivity contribution in [3.05, 3.63) is 23.8 Å². The van der Waals surface area contributed by atoms with Crippen molar-refractivity contribution in [2.24, 2.45) is 5.73 Å². The Bertz CT molecular complexity index is 391. The van der Waals surface area contributed by atoms with Gasteiger partial charge in [0.2, 0.25) is 0 Å². The van der Waals surface area contributed by atoms with Crippen molar-refractivity contribution in [3.8, 4) is 17.6 Å². The van der Waals surface area contributed by atoms with Gasteiger partial charge < -0.3 is 15.2 Å². The number of nitrogens with two attached hydrogens (primary N) is 1. The largest absolute Gasteiger partial charge is 0.493 e. The first-order chi connectivity index (χ1) is 7.72. The summed E-state index contributed by atoms with van der Waals surface area (Å²) in [5.74, 6) is 1.34. The van der Waals surface area contributed by atoms with Gasteiger partial charge in [0, 0.05) is 6.04 Å². The molecule has 0 unspecified atom stereocenters. The van der Waals surface area contributed by atoms with Crippen molar-refractivity contribution in [1.29, 1.82) is 5.26 Å². The predicted molar refractivity (Wildman–Crippen MR) is 68.6 cm³/mol. The van der Waals surface area contributed by atoms with Crippen LogP contribution in [0.25, 0.3) is 0 Å². The fourth-order valence-corrected chi connectivity index (χ4v) is 1.41. The van der Waals surface area contributed by atoms with Gasteiger partial charge in [-0.2, -0.15) is 5.26 Å². The fourth-order valence-electron chi connectivity index (χ4n) is 1.41. The topological polar surface area (TPSA) is 68.3 Å². The summed E-state index contributed by atoms with van der Waals surface area (Å²) in [6.07, 6.45) is 0.289. The molecule has 0 amide bonds. The van der Waals surface area contributed by atoms with E-state index in [1.54, 1.807) is 7.11 Å². The molecule has 0 aliphatic rings. The minimum absolute atomic E-state index is 0. The van der Waals surface area contributed by atoms with Gasteiger partial charge in [-0.3, -0.25) is 0 Å². The molecule has 0 fully saturated rings. The molecule has 17 heavy (non-hydrogen) atoms. The molecule has 0 aliphatic carbocycles. The van der Waals surface area contributed by atoms with Gasteiger partial charge in [-0.05, 0) is 24.6 Å². The molecule has 94 valence electrons. The smallest absolute Gasteiger partial charge is 0.161 e. The third-order valence-corrected chi connectivity index (χ3v) is 2.23. The van der Waals surface area contributed by atoms with Crippen molar-refractivity contribution in [2.45, 2.75) is 19.4 Å². The maximum Gasteiger partial charge on any atom is 0.161 e. The first-order valence-electron chi connectivity index (χ1n) is 5.16. The molecule has 1 aromatic rings. The summed E-state index contributed by atoms with van der Waals surface area (Å²) in [6.45, 7) is 2.49.